The lowest BCUT2D eigenvalue weighted by atomic mass is 10.1. The zero-order valence-electron chi connectivity index (χ0n) is 21.2. The molecule has 0 saturated carbocycles. The molecule has 0 radical (unpaired) electrons. The van der Waals surface area contributed by atoms with Gasteiger partial charge in [0.1, 0.15) is 4.21 Å². The number of aromatic nitrogens is 1. The fourth-order valence-electron chi connectivity index (χ4n) is 3.93. The number of urea groups is 1. The molecule has 2 amide bonds. The molecule has 11 heteroatoms. The first kappa shape index (κ1) is 26.4. The van der Waals surface area contributed by atoms with E-state index >= 15 is 0 Å². The van der Waals surface area contributed by atoms with Gasteiger partial charge >= 0.3 is 6.03 Å². The molecule has 4 rings (SSSR count). The molecule has 0 saturated heterocycles. The predicted molar refractivity (Wildman–Crippen MR) is 150 cm³/mol. The van der Waals surface area contributed by atoms with E-state index in [-0.39, 0.29) is 9.77 Å². The molecule has 4 aromatic rings. The molecule has 2 heterocycles. The number of aryl methyl sites for hydroxylation is 2. The van der Waals surface area contributed by atoms with Gasteiger partial charge in [0, 0.05) is 47.1 Å². The lowest BCUT2D eigenvalue weighted by Gasteiger charge is -2.17. The van der Waals surface area contributed by atoms with Crippen molar-refractivity contribution in [3.63, 3.8) is 0 Å². The van der Waals surface area contributed by atoms with Gasteiger partial charge in [-0.3, -0.25) is 9.36 Å². The van der Waals surface area contributed by atoms with E-state index in [0.717, 1.165) is 38.4 Å². The highest BCUT2D eigenvalue weighted by atomic mass is 32.2. The quantitative estimate of drug-likeness (QED) is 0.323. The van der Waals surface area contributed by atoms with Gasteiger partial charge in [0.05, 0.1) is 0 Å². The maximum absolute atomic E-state index is 13.3. The van der Waals surface area contributed by atoms with E-state index in [1.165, 1.54) is 6.07 Å². The van der Waals surface area contributed by atoms with Crippen LogP contribution < -0.4 is 20.9 Å². The fraction of sp³-hybridized carbons (Fsp3) is 0.231. The van der Waals surface area contributed by atoms with Crippen LogP contribution in [0.15, 0.2) is 63.7 Å². The number of fused-ring (bicyclic) bond motifs is 1. The number of carbonyl (C=O) groups is 1. The van der Waals surface area contributed by atoms with E-state index in [0.29, 0.717) is 23.3 Å². The minimum atomic E-state index is -3.98. The summed E-state index contributed by atoms with van der Waals surface area (Å²) in [5.74, 6) is 0. The monoisotopic (exact) mass is 539 g/mol. The fourth-order valence-corrected chi connectivity index (χ4v) is 6.35. The van der Waals surface area contributed by atoms with Crippen LogP contribution in [0.4, 0.5) is 16.2 Å². The summed E-state index contributed by atoms with van der Waals surface area (Å²) in [7, 11) is 1.80. The average Bonchev–Trinajstić information content (AvgIpc) is 3.19. The average molecular weight is 540 g/mol. The van der Waals surface area contributed by atoms with Crippen molar-refractivity contribution in [2.24, 2.45) is 0 Å². The first-order valence-corrected chi connectivity index (χ1v) is 13.8. The SMILES string of the molecule is CNc1ccc2c(=O)n(-c3ccc(NC(=O)NS(=O)(=O)c4cc(C)c(C)s4)cc3)cc(CN(C)C)c2c1. The second-order valence-corrected chi connectivity index (χ2v) is 12.2. The van der Waals surface area contributed by atoms with Crippen LogP contribution in [0.5, 0.6) is 0 Å². The molecule has 3 N–H and O–H groups in total. The maximum atomic E-state index is 13.3. The number of hydrogen-bond acceptors (Lipinski definition) is 7. The normalized spacial score (nSPS) is 11.6. The van der Waals surface area contributed by atoms with Crippen LogP contribution in [0.1, 0.15) is 16.0 Å². The number of sulfonamides is 1. The largest absolute Gasteiger partial charge is 0.388 e. The summed E-state index contributed by atoms with van der Waals surface area (Å²) < 4.78 is 28.7. The first-order chi connectivity index (χ1) is 17.5. The Bertz CT molecular complexity index is 1620. The first-order valence-electron chi connectivity index (χ1n) is 11.5. The van der Waals surface area contributed by atoms with Crippen molar-refractivity contribution < 1.29 is 13.2 Å². The molecule has 194 valence electrons. The van der Waals surface area contributed by atoms with Crippen molar-refractivity contribution in [2.45, 2.75) is 24.6 Å². The van der Waals surface area contributed by atoms with E-state index in [1.807, 2.05) is 69.0 Å². The van der Waals surface area contributed by atoms with Crippen molar-refractivity contribution in [2.75, 3.05) is 31.8 Å². The Morgan fingerprint density at radius 3 is 2.27 bits per heavy atom. The van der Waals surface area contributed by atoms with Gasteiger partial charge < -0.3 is 15.5 Å². The highest BCUT2D eigenvalue weighted by Gasteiger charge is 2.21. The Kier molecular flexibility index (Phi) is 7.39. The Morgan fingerprint density at radius 1 is 1.00 bits per heavy atom. The Morgan fingerprint density at radius 2 is 1.68 bits per heavy atom. The number of pyridine rings is 1. The summed E-state index contributed by atoms with van der Waals surface area (Å²) in [6, 6.07) is 13.0. The number of rotatable bonds is 7. The van der Waals surface area contributed by atoms with Crippen LogP contribution in [0.25, 0.3) is 16.5 Å². The van der Waals surface area contributed by atoms with Gasteiger partial charge in [-0.05, 0) is 93.0 Å². The van der Waals surface area contributed by atoms with Crippen LogP contribution in [0, 0.1) is 13.8 Å². The molecule has 0 bridgehead atoms. The molecule has 2 aromatic carbocycles. The van der Waals surface area contributed by atoms with Gasteiger partial charge in [-0.25, -0.2) is 17.9 Å². The molecular formula is C26H29N5O4S2. The standard InChI is InChI=1S/C26H29N5O4S2/c1-16-12-24(36-17(16)2)37(34,35)29-26(33)28-19-6-9-21(10-7-19)31-15-18(14-30(4)5)23-13-20(27-3)8-11-22(23)25(31)32/h6-13,15,27H,14H2,1-5H3,(H2,28,29,33). The number of nitrogens with one attached hydrogen (secondary N) is 3. The van der Waals surface area contributed by atoms with Gasteiger partial charge in [0.25, 0.3) is 15.6 Å². The van der Waals surface area contributed by atoms with Crippen molar-refractivity contribution in [1.82, 2.24) is 14.2 Å². The van der Waals surface area contributed by atoms with E-state index in [1.54, 1.807) is 28.8 Å². The van der Waals surface area contributed by atoms with Crippen LogP contribution in [-0.2, 0) is 16.6 Å². The third kappa shape index (κ3) is 5.68. The third-order valence-corrected chi connectivity index (χ3v) is 8.87. The number of nitrogens with zero attached hydrogens (tertiary/aromatic N) is 2. The van der Waals surface area contributed by atoms with E-state index in [2.05, 4.69) is 10.6 Å². The molecular weight excluding hydrogens is 510 g/mol. The number of thiophene rings is 1. The predicted octanol–water partition coefficient (Wildman–Crippen LogP) is 4.28. The Hall–Kier alpha value is -3.67. The number of carbonyl (C=O) groups excluding carboxylic acids is 1. The zero-order valence-corrected chi connectivity index (χ0v) is 22.9. The molecule has 37 heavy (non-hydrogen) atoms. The number of anilines is 2. The Labute approximate surface area is 219 Å². The molecule has 0 aliphatic rings. The van der Waals surface area contributed by atoms with E-state index in [4.69, 9.17) is 0 Å². The van der Waals surface area contributed by atoms with Gasteiger partial charge in [-0.2, -0.15) is 0 Å². The molecule has 2 aromatic heterocycles. The number of benzene rings is 2. The lowest BCUT2D eigenvalue weighted by molar-refractivity contribution is 0.256. The Balaban J connectivity index is 1.59. The van der Waals surface area contributed by atoms with Crippen molar-refractivity contribution in [3.05, 3.63) is 81.1 Å². The zero-order chi connectivity index (χ0) is 26.9. The van der Waals surface area contributed by atoms with E-state index < -0.39 is 16.1 Å². The van der Waals surface area contributed by atoms with Crippen LogP contribution in [0.2, 0.25) is 0 Å². The number of hydrogen-bond donors (Lipinski definition) is 3. The van der Waals surface area contributed by atoms with Crippen LogP contribution in [-0.4, -0.2) is 45.1 Å². The van der Waals surface area contributed by atoms with Crippen LogP contribution in [0.3, 0.4) is 0 Å². The van der Waals surface area contributed by atoms with Crippen molar-refractivity contribution >= 4 is 49.5 Å². The number of amides is 2. The van der Waals surface area contributed by atoms with Crippen molar-refractivity contribution in [1.29, 1.82) is 0 Å². The second-order valence-electron chi connectivity index (χ2n) is 8.99. The molecule has 0 aliphatic heterocycles. The van der Waals surface area contributed by atoms with Crippen molar-refractivity contribution in [3.8, 4) is 5.69 Å². The summed E-state index contributed by atoms with van der Waals surface area (Å²) in [5, 5.41) is 7.14. The maximum Gasteiger partial charge on any atom is 0.333 e. The minimum Gasteiger partial charge on any atom is -0.388 e. The highest BCUT2D eigenvalue weighted by Crippen LogP contribution is 2.25. The smallest absolute Gasteiger partial charge is 0.333 e. The van der Waals surface area contributed by atoms with E-state index in [9.17, 15) is 18.0 Å². The summed E-state index contributed by atoms with van der Waals surface area (Å²) in [6.45, 7) is 4.28. The molecule has 0 fully saturated rings. The lowest BCUT2D eigenvalue weighted by Crippen LogP contribution is -2.33. The second kappa shape index (κ2) is 10.4. The summed E-state index contributed by atoms with van der Waals surface area (Å²) in [4.78, 5) is 28.6. The molecule has 0 atom stereocenters. The van der Waals surface area contributed by atoms with Gasteiger partial charge in [0.15, 0.2) is 0 Å². The minimum absolute atomic E-state index is 0.0824. The molecule has 0 aliphatic carbocycles. The van der Waals surface area contributed by atoms with Gasteiger partial charge in [-0.15, -0.1) is 11.3 Å². The molecule has 9 nitrogen and oxygen atoms in total. The summed E-state index contributed by atoms with van der Waals surface area (Å²) in [6.07, 6.45) is 1.83. The molecule has 0 unspecified atom stereocenters. The third-order valence-electron chi connectivity index (χ3n) is 5.91. The van der Waals surface area contributed by atoms with Crippen LogP contribution >= 0.6 is 11.3 Å². The highest BCUT2D eigenvalue weighted by molar-refractivity contribution is 7.92. The van der Waals surface area contributed by atoms with Gasteiger partial charge in [-0.1, -0.05) is 0 Å². The topological polar surface area (TPSA) is 113 Å². The summed E-state index contributed by atoms with van der Waals surface area (Å²) in [5.41, 5.74) is 3.60. The summed E-state index contributed by atoms with van der Waals surface area (Å²) >= 11 is 1.11. The molecule has 0 spiro atoms. The van der Waals surface area contributed by atoms with Gasteiger partial charge in [0.2, 0.25) is 0 Å².